The molecular formula is C8H14N2O4S2. The highest BCUT2D eigenvalue weighted by atomic mass is 32.2. The van der Waals surface area contributed by atoms with Crippen molar-refractivity contribution in [2.45, 2.75) is 11.4 Å². The van der Waals surface area contributed by atoms with Crippen LogP contribution in [0.1, 0.15) is 0 Å². The number of carbonyl (C=O) groups is 2. The monoisotopic (exact) mass is 266 g/mol. The zero-order valence-corrected chi connectivity index (χ0v) is 10.1. The Balaban J connectivity index is 0.000000160. The first-order valence-electron chi connectivity index (χ1n) is 4.73. The summed E-state index contributed by atoms with van der Waals surface area (Å²) in [5.74, 6) is 0.894. The molecule has 0 spiro atoms. The molecule has 0 bridgehead atoms. The van der Waals surface area contributed by atoms with E-state index in [0.29, 0.717) is 5.75 Å². The number of carboxylic acids is 2. The number of carboxylic acid groups (broad SMARTS) is 2. The van der Waals surface area contributed by atoms with Crippen molar-refractivity contribution in [2.24, 2.45) is 0 Å². The van der Waals surface area contributed by atoms with Gasteiger partial charge in [0.2, 0.25) is 0 Å². The summed E-state index contributed by atoms with van der Waals surface area (Å²) in [4.78, 5) is 20.2. The third-order valence-electron chi connectivity index (χ3n) is 1.96. The Hall–Kier alpha value is -0.440. The third-order valence-corrected chi connectivity index (χ3v) is 4.04. The quantitative estimate of drug-likeness (QED) is 0.529. The maximum absolute atomic E-state index is 10.1. The molecule has 2 aliphatic heterocycles. The molecule has 0 aromatic rings. The average Bonchev–Trinajstić information content (AvgIpc) is 2.93. The molecule has 2 rings (SSSR count). The summed E-state index contributed by atoms with van der Waals surface area (Å²) in [5.41, 5.74) is 0. The van der Waals surface area contributed by atoms with E-state index in [1.807, 2.05) is 0 Å². The van der Waals surface area contributed by atoms with Crippen molar-refractivity contribution in [3.05, 3.63) is 0 Å². The van der Waals surface area contributed by atoms with E-state index in [-0.39, 0.29) is 11.4 Å². The van der Waals surface area contributed by atoms with Crippen LogP contribution in [0.25, 0.3) is 0 Å². The first-order valence-corrected chi connectivity index (χ1v) is 6.93. The van der Waals surface area contributed by atoms with Crippen LogP contribution in [0.4, 0.5) is 0 Å². The molecule has 2 heterocycles. The number of aliphatic carboxylic acids is 2. The molecule has 0 saturated carbocycles. The van der Waals surface area contributed by atoms with E-state index in [4.69, 9.17) is 10.2 Å². The van der Waals surface area contributed by atoms with Crippen molar-refractivity contribution in [1.82, 2.24) is 10.6 Å². The Morgan fingerprint density at radius 3 is 2.19 bits per heavy atom. The second-order valence-electron chi connectivity index (χ2n) is 3.15. The van der Waals surface area contributed by atoms with E-state index in [0.717, 1.165) is 18.2 Å². The van der Waals surface area contributed by atoms with E-state index in [1.54, 1.807) is 11.8 Å². The minimum Gasteiger partial charge on any atom is -0.480 e. The van der Waals surface area contributed by atoms with E-state index in [9.17, 15) is 9.59 Å². The summed E-state index contributed by atoms with van der Waals surface area (Å²) in [6.45, 7) is 0.821. The lowest BCUT2D eigenvalue weighted by molar-refractivity contribution is -0.139. The summed E-state index contributed by atoms with van der Waals surface area (Å²) in [5, 5.41) is 22.0. The van der Waals surface area contributed by atoms with Gasteiger partial charge in [-0.3, -0.25) is 15.4 Å². The smallest absolute Gasteiger partial charge is 0.331 e. The first kappa shape index (κ1) is 13.6. The van der Waals surface area contributed by atoms with Crippen molar-refractivity contribution in [1.29, 1.82) is 0 Å². The molecule has 6 nitrogen and oxygen atoms in total. The van der Waals surface area contributed by atoms with Crippen LogP contribution in [0.5, 0.6) is 0 Å². The van der Waals surface area contributed by atoms with Gasteiger partial charge in [-0.15, -0.1) is 23.5 Å². The van der Waals surface area contributed by atoms with Gasteiger partial charge in [-0.05, 0) is 0 Å². The molecule has 0 radical (unpaired) electrons. The molecule has 0 aromatic heterocycles. The molecule has 1 unspecified atom stereocenters. The summed E-state index contributed by atoms with van der Waals surface area (Å²) < 4.78 is 0. The Kier molecular flexibility index (Phi) is 5.96. The van der Waals surface area contributed by atoms with Crippen LogP contribution in [0.2, 0.25) is 0 Å². The van der Waals surface area contributed by atoms with Crippen molar-refractivity contribution in [3.63, 3.8) is 0 Å². The lowest BCUT2D eigenvalue weighted by Crippen LogP contribution is -2.32. The van der Waals surface area contributed by atoms with Crippen molar-refractivity contribution in [3.8, 4) is 0 Å². The van der Waals surface area contributed by atoms with Crippen LogP contribution >= 0.6 is 23.5 Å². The second kappa shape index (κ2) is 7.00. The molecule has 2 saturated heterocycles. The SMILES string of the molecule is O=C(O)C1CSCN1.O=C(O)[C@H]1NCCS1. The molecular weight excluding hydrogens is 252 g/mol. The van der Waals surface area contributed by atoms with Gasteiger partial charge in [-0.2, -0.15) is 0 Å². The highest BCUT2D eigenvalue weighted by Gasteiger charge is 2.21. The Labute approximate surface area is 102 Å². The zero-order chi connectivity index (χ0) is 12.0. The minimum atomic E-state index is -0.757. The maximum Gasteiger partial charge on any atom is 0.331 e. The number of thioether (sulfide) groups is 2. The summed E-state index contributed by atoms with van der Waals surface area (Å²) >= 11 is 3.06. The predicted octanol–water partition coefficient (Wildman–Crippen LogP) is -0.533. The van der Waals surface area contributed by atoms with Gasteiger partial charge in [0.05, 0.1) is 0 Å². The van der Waals surface area contributed by atoms with Gasteiger partial charge in [0, 0.05) is 23.9 Å². The lowest BCUT2D eigenvalue weighted by atomic mass is 10.4. The molecule has 8 heteroatoms. The van der Waals surface area contributed by atoms with E-state index in [2.05, 4.69) is 10.6 Å². The molecule has 0 aromatic carbocycles. The molecule has 2 atom stereocenters. The zero-order valence-electron chi connectivity index (χ0n) is 8.51. The van der Waals surface area contributed by atoms with E-state index >= 15 is 0 Å². The van der Waals surface area contributed by atoms with E-state index < -0.39 is 11.9 Å². The highest BCUT2D eigenvalue weighted by Crippen LogP contribution is 2.12. The topological polar surface area (TPSA) is 98.7 Å². The van der Waals surface area contributed by atoms with Gasteiger partial charge < -0.3 is 10.2 Å². The van der Waals surface area contributed by atoms with Gasteiger partial charge in [0.15, 0.2) is 5.37 Å². The largest absolute Gasteiger partial charge is 0.480 e. The van der Waals surface area contributed by atoms with Crippen molar-refractivity contribution in [2.75, 3.05) is 23.9 Å². The highest BCUT2D eigenvalue weighted by molar-refractivity contribution is 8.00. The fourth-order valence-corrected chi connectivity index (χ4v) is 2.92. The van der Waals surface area contributed by atoms with Gasteiger partial charge in [0.25, 0.3) is 0 Å². The molecule has 92 valence electrons. The number of hydrogen-bond acceptors (Lipinski definition) is 6. The molecule has 2 aliphatic rings. The fourth-order valence-electron chi connectivity index (χ4n) is 1.14. The fraction of sp³-hybridized carbons (Fsp3) is 0.750. The van der Waals surface area contributed by atoms with Crippen molar-refractivity contribution < 1.29 is 19.8 Å². The molecule has 0 aliphatic carbocycles. The average molecular weight is 266 g/mol. The molecule has 4 N–H and O–H groups in total. The molecule has 16 heavy (non-hydrogen) atoms. The molecule has 2 fully saturated rings. The van der Waals surface area contributed by atoms with Crippen LogP contribution in [0.15, 0.2) is 0 Å². The van der Waals surface area contributed by atoms with Gasteiger partial charge >= 0.3 is 11.9 Å². The van der Waals surface area contributed by atoms with Crippen LogP contribution in [-0.2, 0) is 9.59 Å². The van der Waals surface area contributed by atoms with Crippen molar-refractivity contribution >= 4 is 35.5 Å². The number of nitrogens with one attached hydrogen (secondary N) is 2. The summed E-state index contributed by atoms with van der Waals surface area (Å²) in [6, 6.07) is -0.306. The Bertz CT molecular complexity index is 226. The van der Waals surface area contributed by atoms with Gasteiger partial charge in [-0.25, -0.2) is 4.79 Å². The van der Waals surface area contributed by atoms with Crippen LogP contribution in [0, 0.1) is 0 Å². The lowest BCUT2D eigenvalue weighted by Gasteiger charge is -1.98. The maximum atomic E-state index is 10.1. The Morgan fingerprint density at radius 2 is 1.94 bits per heavy atom. The van der Waals surface area contributed by atoms with Crippen LogP contribution in [-0.4, -0.2) is 57.5 Å². The predicted molar refractivity (Wildman–Crippen MR) is 63.8 cm³/mol. The number of rotatable bonds is 2. The molecule has 0 amide bonds. The third kappa shape index (κ3) is 4.60. The summed E-state index contributed by atoms with van der Waals surface area (Å²) in [6.07, 6.45) is 0. The standard InChI is InChI=1S/2C4H7NO2S/c6-4(7)3-1-8-2-5-3;6-4(7)3-5-1-2-8-3/h2*3,5H,1-2H2,(H,6,7)/t;3-/m.0/s1. The minimum absolute atomic E-state index is 0.306. The van der Waals surface area contributed by atoms with Crippen LogP contribution < -0.4 is 10.6 Å². The van der Waals surface area contributed by atoms with Crippen LogP contribution in [0.3, 0.4) is 0 Å². The summed E-state index contributed by atoms with van der Waals surface area (Å²) in [7, 11) is 0. The normalized spacial score (nSPS) is 28.2. The first-order chi connectivity index (χ1) is 7.61. The van der Waals surface area contributed by atoms with Gasteiger partial charge in [0.1, 0.15) is 6.04 Å². The number of hydrogen-bond donors (Lipinski definition) is 4. The second-order valence-corrected chi connectivity index (χ2v) is 5.40. The van der Waals surface area contributed by atoms with Gasteiger partial charge in [-0.1, -0.05) is 0 Å². The Morgan fingerprint density at radius 1 is 1.19 bits per heavy atom. The van der Waals surface area contributed by atoms with E-state index in [1.165, 1.54) is 11.8 Å².